The molecule has 0 heterocycles. The molecular formula is C11H21NOVW. The Morgan fingerprint density at radius 2 is 2.00 bits per heavy atom. The molecule has 0 fully saturated rings. The zero-order valence-electron chi connectivity index (χ0n) is 10.1. The van der Waals surface area contributed by atoms with E-state index in [1.54, 1.807) is 30.4 Å². The van der Waals surface area contributed by atoms with Crippen molar-refractivity contribution in [1.82, 2.24) is 5.32 Å². The van der Waals surface area contributed by atoms with Gasteiger partial charge >= 0.3 is 114 Å². The quantitative estimate of drug-likeness (QED) is 0.633. The molecule has 0 aromatic rings. The fourth-order valence-corrected chi connectivity index (χ4v) is 4.42. The maximum absolute atomic E-state index is 4.99. The molecule has 0 bridgehead atoms. The summed E-state index contributed by atoms with van der Waals surface area (Å²) in [5, 5.41) is 3.36. The van der Waals surface area contributed by atoms with Crippen LogP contribution in [-0.2, 0) is 41.1 Å². The van der Waals surface area contributed by atoms with Gasteiger partial charge in [0.2, 0.25) is 0 Å². The molecule has 0 aliphatic carbocycles. The Bertz CT molecular complexity index is 223. The van der Waals surface area contributed by atoms with E-state index < -0.39 is 0 Å². The van der Waals surface area contributed by atoms with E-state index in [1.165, 1.54) is 10.8 Å². The fraction of sp³-hybridized carbons (Fsp3) is 0.818. The summed E-state index contributed by atoms with van der Waals surface area (Å²) >= 11 is 4.24. The Hall–Kier alpha value is 0.933. The van der Waals surface area contributed by atoms with Crippen molar-refractivity contribution < 1.29 is 41.1 Å². The molecule has 2 nitrogen and oxygen atoms in total. The van der Waals surface area contributed by atoms with Crippen LogP contribution in [0.3, 0.4) is 0 Å². The topological polar surface area (TPSA) is 21.3 Å². The van der Waals surface area contributed by atoms with E-state index in [9.17, 15) is 0 Å². The SMILES string of the molecule is COCCN[C](=[V])C[C](=[W])CC(C)(C)C. The molecule has 4 heteroatoms. The minimum absolute atomic E-state index is 0.414. The number of methoxy groups -OCH3 is 1. The van der Waals surface area contributed by atoms with Gasteiger partial charge in [0.05, 0.1) is 0 Å². The third kappa shape index (κ3) is 11.2. The molecule has 0 unspecified atom stereocenters. The molecule has 0 spiro atoms. The molecule has 0 rings (SSSR count). The van der Waals surface area contributed by atoms with Crippen LogP contribution in [0.15, 0.2) is 0 Å². The van der Waals surface area contributed by atoms with Crippen molar-refractivity contribution in [3.05, 3.63) is 0 Å². The van der Waals surface area contributed by atoms with Crippen LogP contribution in [0.4, 0.5) is 0 Å². The van der Waals surface area contributed by atoms with Gasteiger partial charge < -0.3 is 0 Å². The minimum atomic E-state index is 0.414. The molecule has 0 aliphatic rings. The van der Waals surface area contributed by atoms with E-state index in [0.717, 1.165) is 19.6 Å². The molecule has 1 N–H and O–H groups in total. The molecule has 0 saturated carbocycles. The molecule has 0 saturated heterocycles. The van der Waals surface area contributed by atoms with Gasteiger partial charge in [-0.25, -0.2) is 0 Å². The van der Waals surface area contributed by atoms with Crippen molar-refractivity contribution >= 4 is 8.25 Å². The van der Waals surface area contributed by atoms with Gasteiger partial charge in [0, 0.05) is 0 Å². The van der Waals surface area contributed by atoms with Crippen LogP contribution in [0.1, 0.15) is 33.6 Å². The van der Waals surface area contributed by atoms with Crippen molar-refractivity contribution in [3.8, 4) is 0 Å². The van der Waals surface area contributed by atoms with E-state index in [-0.39, 0.29) is 0 Å². The molecule has 0 amide bonds. The van der Waals surface area contributed by atoms with Gasteiger partial charge in [-0.15, -0.1) is 0 Å². The molecule has 0 aromatic heterocycles. The summed E-state index contributed by atoms with van der Waals surface area (Å²) in [6.07, 6.45) is 2.31. The third-order valence-corrected chi connectivity index (χ3v) is 3.26. The maximum atomic E-state index is 4.99. The summed E-state index contributed by atoms with van der Waals surface area (Å²) in [6.45, 7) is 8.54. The van der Waals surface area contributed by atoms with E-state index in [4.69, 9.17) is 4.74 Å². The first-order chi connectivity index (χ1) is 6.85. The van der Waals surface area contributed by atoms with Gasteiger partial charge in [-0.3, -0.25) is 0 Å². The van der Waals surface area contributed by atoms with Gasteiger partial charge in [-0.2, -0.15) is 0 Å². The second kappa shape index (κ2) is 8.09. The van der Waals surface area contributed by atoms with Crippen LogP contribution in [0, 0.1) is 5.41 Å². The van der Waals surface area contributed by atoms with E-state index in [0.29, 0.717) is 5.41 Å². The zero-order chi connectivity index (χ0) is 11.9. The zero-order valence-corrected chi connectivity index (χ0v) is 14.4. The Morgan fingerprint density at radius 3 is 2.47 bits per heavy atom. The van der Waals surface area contributed by atoms with Crippen molar-refractivity contribution in [3.63, 3.8) is 0 Å². The van der Waals surface area contributed by atoms with Crippen LogP contribution in [0.2, 0.25) is 0 Å². The number of ether oxygens (including phenoxy) is 1. The summed E-state index contributed by atoms with van der Waals surface area (Å²) in [7, 11) is 1.73. The number of hydrogen-bond acceptors (Lipinski definition) is 2. The number of hydrogen-bond donors (Lipinski definition) is 1. The summed E-state index contributed by atoms with van der Waals surface area (Å²) in [6, 6.07) is 0. The predicted octanol–water partition coefficient (Wildman–Crippen LogP) is 1.44. The number of rotatable bonds is 7. The monoisotopic (exact) mass is 418 g/mol. The molecule has 0 aromatic carbocycles. The van der Waals surface area contributed by atoms with Crippen LogP contribution in [0.25, 0.3) is 0 Å². The summed E-state index contributed by atoms with van der Waals surface area (Å²) in [5.74, 6) is 0. The van der Waals surface area contributed by atoms with E-state index >= 15 is 0 Å². The average Bonchev–Trinajstić information content (AvgIpc) is 2.00. The molecular weight excluding hydrogens is 397 g/mol. The normalized spacial score (nSPS) is 11.4. The Labute approximate surface area is 113 Å². The summed E-state index contributed by atoms with van der Waals surface area (Å²) in [5.41, 5.74) is 0.414. The predicted molar refractivity (Wildman–Crippen MR) is 58.6 cm³/mol. The Balaban J connectivity index is 3.72. The van der Waals surface area contributed by atoms with Crippen LogP contribution < -0.4 is 5.32 Å². The van der Waals surface area contributed by atoms with Gasteiger partial charge in [-0.1, -0.05) is 0 Å². The second-order valence-electron chi connectivity index (χ2n) is 4.82. The van der Waals surface area contributed by atoms with Crippen LogP contribution >= 0.6 is 0 Å². The number of nitrogens with one attached hydrogen (secondary N) is 1. The molecule has 0 atom stereocenters. The van der Waals surface area contributed by atoms with Crippen LogP contribution in [0.5, 0.6) is 0 Å². The molecule has 87 valence electrons. The first-order valence-electron chi connectivity index (χ1n) is 5.14. The van der Waals surface area contributed by atoms with Crippen molar-refractivity contribution in [2.45, 2.75) is 33.6 Å². The fourth-order valence-electron chi connectivity index (χ4n) is 1.20. The second-order valence-corrected chi connectivity index (χ2v) is 7.74. The van der Waals surface area contributed by atoms with E-state index in [2.05, 4.69) is 43.1 Å². The Morgan fingerprint density at radius 1 is 1.40 bits per heavy atom. The molecule has 15 heavy (non-hydrogen) atoms. The standard InChI is InChI=1S/C11H21NO.V.W/c1-11(2,3)7-5-6-8-12-9-10-13-4;;/h12H,6-7,9-10H2,1-4H3;;. The summed E-state index contributed by atoms with van der Waals surface area (Å²) in [4.78, 5) is 0. The Kier molecular flexibility index (Phi) is 8.59. The van der Waals surface area contributed by atoms with Crippen molar-refractivity contribution in [2.75, 3.05) is 20.3 Å². The van der Waals surface area contributed by atoms with Crippen LogP contribution in [-0.4, -0.2) is 28.5 Å². The molecule has 0 radical (unpaired) electrons. The van der Waals surface area contributed by atoms with Crippen molar-refractivity contribution in [1.29, 1.82) is 0 Å². The third-order valence-electron chi connectivity index (χ3n) is 1.73. The first-order valence-corrected chi connectivity index (χ1v) is 7.31. The molecule has 0 aliphatic heterocycles. The van der Waals surface area contributed by atoms with Gasteiger partial charge in [0.25, 0.3) is 0 Å². The average molecular weight is 418 g/mol. The van der Waals surface area contributed by atoms with Gasteiger partial charge in [0.15, 0.2) is 0 Å². The van der Waals surface area contributed by atoms with Crippen molar-refractivity contribution in [2.24, 2.45) is 5.41 Å². The van der Waals surface area contributed by atoms with Gasteiger partial charge in [-0.05, 0) is 0 Å². The van der Waals surface area contributed by atoms with Gasteiger partial charge in [0.1, 0.15) is 0 Å². The summed E-state index contributed by atoms with van der Waals surface area (Å²) < 4.78 is 7.91. The van der Waals surface area contributed by atoms with E-state index in [1.807, 2.05) is 0 Å². The first kappa shape index (κ1) is 15.9.